The molecule has 0 amide bonds. The number of imidazole rings is 1. The van der Waals surface area contributed by atoms with Gasteiger partial charge >= 0.3 is 5.69 Å². The molecule has 0 fully saturated rings. The number of aryl methyl sites for hydroxylation is 2. The van der Waals surface area contributed by atoms with E-state index in [1.54, 1.807) is 18.0 Å². The number of rotatable bonds is 10. The fraction of sp³-hybridized carbons (Fsp3) is 0.522. The van der Waals surface area contributed by atoms with Crippen LogP contribution in [0, 0.1) is 19.8 Å². The van der Waals surface area contributed by atoms with E-state index in [-0.39, 0.29) is 19.1 Å². The SMILES string of the molecule is COCCn1cnc2c1c(=O)n(CC(O)COc1cc(C)ccc1C)c(=O)n2CC(C)C. The Morgan fingerprint density at radius 3 is 2.56 bits per heavy atom. The van der Waals surface area contributed by atoms with E-state index in [4.69, 9.17) is 9.47 Å². The first-order valence-corrected chi connectivity index (χ1v) is 10.8. The Morgan fingerprint density at radius 2 is 1.88 bits per heavy atom. The summed E-state index contributed by atoms with van der Waals surface area (Å²) >= 11 is 0. The van der Waals surface area contributed by atoms with Crippen LogP contribution in [0.1, 0.15) is 25.0 Å². The zero-order valence-corrected chi connectivity index (χ0v) is 19.4. The minimum atomic E-state index is -1.04. The topological polar surface area (TPSA) is 101 Å². The molecule has 174 valence electrons. The minimum Gasteiger partial charge on any atom is -0.491 e. The lowest BCUT2D eigenvalue weighted by Gasteiger charge is -2.17. The van der Waals surface area contributed by atoms with E-state index in [1.165, 1.54) is 4.57 Å². The van der Waals surface area contributed by atoms with Crippen molar-refractivity contribution >= 4 is 11.2 Å². The molecule has 2 heterocycles. The molecule has 0 radical (unpaired) electrons. The van der Waals surface area contributed by atoms with Gasteiger partial charge in [-0.25, -0.2) is 9.78 Å². The predicted molar refractivity (Wildman–Crippen MR) is 122 cm³/mol. The molecule has 0 aliphatic carbocycles. The molecule has 3 aromatic rings. The van der Waals surface area contributed by atoms with Gasteiger partial charge in [0.1, 0.15) is 18.5 Å². The molecule has 0 saturated carbocycles. The number of ether oxygens (including phenoxy) is 2. The number of benzene rings is 1. The van der Waals surface area contributed by atoms with E-state index in [9.17, 15) is 14.7 Å². The van der Waals surface area contributed by atoms with Crippen molar-refractivity contribution in [2.45, 2.75) is 53.4 Å². The van der Waals surface area contributed by atoms with E-state index in [0.717, 1.165) is 15.7 Å². The first-order valence-electron chi connectivity index (χ1n) is 10.8. The highest BCUT2D eigenvalue weighted by atomic mass is 16.5. The van der Waals surface area contributed by atoms with Crippen LogP contribution in [-0.2, 0) is 24.4 Å². The lowest BCUT2D eigenvalue weighted by atomic mass is 10.1. The standard InChI is InChI=1S/C23H32N4O5/c1-15(2)11-26-21-20(25(14-24-21)8-9-31-5)22(29)27(23(26)30)12-18(28)13-32-19-10-16(3)6-7-17(19)4/h6-7,10,14-15,18,28H,8-9,11-13H2,1-5H3. The van der Waals surface area contributed by atoms with Crippen LogP contribution in [0.2, 0.25) is 0 Å². The fourth-order valence-corrected chi connectivity index (χ4v) is 3.60. The molecule has 32 heavy (non-hydrogen) atoms. The quantitative estimate of drug-likeness (QED) is 0.511. The van der Waals surface area contributed by atoms with E-state index < -0.39 is 17.4 Å². The smallest absolute Gasteiger partial charge is 0.332 e. The molecule has 2 aromatic heterocycles. The maximum atomic E-state index is 13.2. The summed E-state index contributed by atoms with van der Waals surface area (Å²) in [5.41, 5.74) is 1.70. The van der Waals surface area contributed by atoms with Crippen LogP contribution in [0.3, 0.4) is 0 Å². The molecular weight excluding hydrogens is 412 g/mol. The molecule has 1 N–H and O–H groups in total. The number of fused-ring (bicyclic) bond motifs is 1. The van der Waals surface area contributed by atoms with Crippen LogP contribution in [0.5, 0.6) is 5.75 Å². The summed E-state index contributed by atoms with van der Waals surface area (Å²) in [6, 6.07) is 5.82. The Bertz CT molecular complexity index is 1190. The van der Waals surface area contributed by atoms with Gasteiger partial charge in [-0.3, -0.25) is 13.9 Å². The Balaban J connectivity index is 1.94. The van der Waals surface area contributed by atoms with E-state index in [0.29, 0.717) is 36.6 Å². The van der Waals surface area contributed by atoms with Gasteiger partial charge in [0.15, 0.2) is 11.2 Å². The second-order valence-electron chi connectivity index (χ2n) is 8.54. The van der Waals surface area contributed by atoms with Crippen molar-refractivity contribution in [3.05, 3.63) is 56.5 Å². The van der Waals surface area contributed by atoms with Crippen LogP contribution in [0.25, 0.3) is 11.2 Å². The Hall–Kier alpha value is -2.91. The number of aliphatic hydroxyl groups is 1. The molecule has 9 nitrogen and oxygen atoms in total. The van der Waals surface area contributed by atoms with Gasteiger partial charge in [-0.05, 0) is 37.0 Å². The van der Waals surface area contributed by atoms with Crippen molar-refractivity contribution in [2.24, 2.45) is 5.92 Å². The number of hydrogen-bond donors (Lipinski definition) is 1. The van der Waals surface area contributed by atoms with Gasteiger partial charge in [0.25, 0.3) is 5.56 Å². The molecule has 1 unspecified atom stereocenters. The average molecular weight is 445 g/mol. The van der Waals surface area contributed by atoms with Crippen molar-refractivity contribution in [3.8, 4) is 5.75 Å². The van der Waals surface area contributed by atoms with Crippen LogP contribution < -0.4 is 16.0 Å². The first kappa shape index (κ1) is 23.7. The molecule has 0 aliphatic rings. The summed E-state index contributed by atoms with van der Waals surface area (Å²) in [6.07, 6.45) is 0.506. The summed E-state index contributed by atoms with van der Waals surface area (Å²) < 4.78 is 15.2. The minimum absolute atomic E-state index is 0.0403. The normalized spacial score (nSPS) is 12.6. The van der Waals surface area contributed by atoms with Gasteiger partial charge in [0, 0.05) is 20.2 Å². The molecule has 0 spiro atoms. The van der Waals surface area contributed by atoms with Crippen LogP contribution in [0.15, 0.2) is 34.1 Å². The predicted octanol–water partition coefficient (Wildman–Crippen LogP) is 1.72. The lowest BCUT2D eigenvalue weighted by molar-refractivity contribution is 0.0897. The highest BCUT2D eigenvalue weighted by Crippen LogP contribution is 2.19. The Kier molecular flexibility index (Phi) is 7.52. The summed E-state index contributed by atoms with van der Waals surface area (Å²) in [6.45, 7) is 8.89. The molecule has 0 bridgehead atoms. The van der Waals surface area contributed by atoms with E-state index in [1.807, 2.05) is 45.9 Å². The summed E-state index contributed by atoms with van der Waals surface area (Å²) in [5, 5.41) is 10.6. The number of aromatic nitrogens is 4. The molecule has 1 aromatic carbocycles. The fourth-order valence-electron chi connectivity index (χ4n) is 3.60. The van der Waals surface area contributed by atoms with Crippen molar-refractivity contribution in [1.82, 2.24) is 18.7 Å². The third-order valence-corrected chi connectivity index (χ3v) is 5.24. The van der Waals surface area contributed by atoms with Gasteiger partial charge in [-0.1, -0.05) is 26.0 Å². The molecule has 0 aliphatic heterocycles. The first-order chi connectivity index (χ1) is 15.2. The van der Waals surface area contributed by atoms with Crippen LogP contribution in [-0.4, -0.2) is 50.2 Å². The van der Waals surface area contributed by atoms with Crippen molar-refractivity contribution in [3.63, 3.8) is 0 Å². The van der Waals surface area contributed by atoms with Crippen LogP contribution in [0.4, 0.5) is 0 Å². The monoisotopic (exact) mass is 444 g/mol. The summed E-state index contributed by atoms with van der Waals surface area (Å²) in [7, 11) is 1.58. The van der Waals surface area contributed by atoms with E-state index >= 15 is 0 Å². The second-order valence-corrected chi connectivity index (χ2v) is 8.54. The highest BCUT2D eigenvalue weighted by Gasteiger charge is 2.20. The van der Waals surface area contributed by atoms with E-state index in [2.05, 4.69) is 4.98 Å². The number of aliphatic hydroxyl groups excluding tert-OH is 1. The Morgan fingerprint density at radius 1 is 1.12 bits per heavy atom. The zero-order valence-electron chi connectivity index (χ0n) is 19.4. The number of hydrogen-bond acceptors (Lipinski definition) is 6. The third kappa shape index (κ3) is 5.11. The zero-order chi connectivity index (χ0) is 23.4. The molecule has 0 saturated heterocycles. The largest absolute Gasteiger partial charge is 0.491 e. The highest BCUT2D eigenvalue weighted by molar-refractivity contribution is 5.70. The van der Waals surface area contributed by atoms with Gasteiger partial charge in [-0.2, -0.15) is 0 Å². The molecule has 3 rings (SSSR count). The molecule has 1 atom stereocenters. The molecular formula is C23H32N4O5. The van der Waals surface area contributed by atoms with Crippen LogP contribution >= 0.6 is 0 Å². The second kappa shape index (κ2) is 10.1. The number of nitrogens with zero attached hydrogens (tertiary/aromatic N) is 4. The van der Waals surface area contributed by atoms with Crippen molar-refractivity contribution in [1.29, 1.82) is 0 Å². The van der Waals surface area contributed by atoms with Crippen molar-refractivity contribution < 1.29 is 14.6 Å². The summed E-state index contributed by atoms with van der Waals surface area (Å²) in [5.74, 6) is 0.838. The maximum absolute atomic E-state index is 13.2. The van der Waals surface area contributed by atoms with Gasteiger partial charge in [0.2, 0.25) is 0 Å². The summed E-state index contributed by atoms with van der Waals surface area (Å²) in [4.78, 5) is 30.7. The maximum Gasteiger partial charge on any atom is 0.332 e. The van der Waals surface area contributed by atoms with Gasteiger partial charge in [-0.15, -0.1) is 0 Å². The van der Waals surface area contributed by atoms with Gasteiger partial charge < -0.3 is 19.1 Å². The number of methoxy groups -OCH3 is 1. The third-order valence-electron chi connectivity index (χ3n) is 5.24. The average Bonchev–Trinajstić information content (AvgIpc) is 3.17. The lowest BCUT2D eigenvalue weighted by Crippen LogP contribution is -2.44. The molecule has 9 heteroatoms. The van der Waals surface area contributed by atoms with Crippen molar-refractivity contribution in [2.75, 3.05) is 20.3 Å². The Labute approximate surface area is 186 Å². The van der Waals surface area contributed by atoms with Gasteiger partial charge in [0.05, 0.1) is 19.5 Å².